The standard InChI is InChI=1S/C23H20F2N2O3S.C2H.CH4.BrH.Mg/c1-2-19(28)20-10-15-12-31-22(26-21(29)14-6-4-3-5-7-14)27-23(15,13-30-20)17-9-8-16(24)11-18(17)25;1-2;;;/h1,3-9,11,15,19-20,28H,10,12-13H2,(H,26,27,29);1H;1H4;1H;/q;-1;;;+2/p-1. The predicted molar refractivity (Wildman–Crippen MR) is 135 cm³/mol. The van der Waals surface area contributed by atoms with E-state index in [0.717, 1.165) is 6.07 Å². The van der Waals surface area contributed by atoms with Gasteiger partial charge < -0.3 is 45.0 Å². The molecule has 4 atom stereocenters. The van der Waals surface area contributed by atoms with Gasteiger partial charge in [0, 0.05) is 28.9 Å². The minimum Gasteiger partial charge on any atom is -1.00 e. The van der Waals surface area contributed by atoms with Gasteiger partial charge in [-0.1, -0.05) is 49.4 Å². The minimum atomic E-state index is -1.17. The van der Waals surface area contributed by atoms with Crippen molar-refractivity contribution in [3.05, 3.63) is 77.7 Å². The summed E-state index contributed by atoms with van der Waals surface area (Å²) in [5, 5.41) is 13.1. The summed E-state index contributed by atoms with van der Waals surface area (Å²) in [7, 11) is 0. The van der Waals surface area contributed by atoms with E-state index >= 15 is 0 Å². The predicted octanol–water partition coefficient (Wildman–Crippen LogP) is 0.557. The van der Waals surface area contributed by atoms with E-state index in [2.05, 4.69) is 17.7 Å². The molecule has 186 valence electrons. The number of aliphatic imine (C=N–C) groups is 1. The van der Waals surface area contributed by atoms with Gasteiger partial charge in [0.15, 0.2) is 5.17 Å². The molecule has 0 saturated carbocycles. The van der Waals surface area contributed by atoms with E-state index in [-0.39, 0.29) is 71.5 Å². The molecule has 2 aliphatic heterocycles. The van der Waals surface area contributed by atoms with Gasteiger partial charge in [-0.25, -0.2) is 13.8 Å². The number of terminal acetylenes is 2. The van der Waals surface area contributed by atoms with Gasteiger partial charge in [-0.2, -0.15) is 0 Å². The molecule has 2 aromatic carbocycles. The summed E-state index contributed by atoms with van der Waals surface area (Å²) in [6.45, 7) is -0.0606. The van der Waals surface area contributed by atoms with Crippen LogP contribution in [0.5, 0.6) is 0 Å². The fraction of sp³-hybridized carbons (Fsp3) is 0.308. The zero-order valence-corrected chi connectivity index (χ0v) is 22.4. The van der Waals surface area contributed by atoms with Crippen LogP contribution in [0, 0.1) is 42.7 Å². The number of amides is 1. The third-order valence-corrected chi connectivity index (χ3v) is 6.64. The Balaban J connectivity index is 0.00000239. The van der Waals surface area contributed by atoms with Crippen LogP contribution in [-0.2, 0) is 10.3 Å². The average Bonchev–Trinajstić information content (AvgIpc) is 2.84. The first kappa shape index (κ1) is 34.1. The molecule has 2 heterocycles. The molecule has 2 aromatic rings. The van der Waals surface area contributed by atoms with Crippen molar-refractivity contribution in [1.29, 1.82) is 0 Å². The van der Waals surface area contributed by atoms with Gasteiger partial charge in [0.25, 0.3) is 5.91 Å². The number of amidine groups is 1. The molecule has 0 radical (unpaired) electrons. The van der Waals surface area contributed by atoms with Gasteiger partial charge in [-0.05, 0) is 24.6 Å². The second-order valence-corrected chi connectivity index (χ2v) is 8.50. The molecule has 5 nitrogen and oxygen atoms in total. The number of hydrogen-bond donors (Lipinski definition) is 2. The van der Waals surface area contributed by atoms with E-state index in [0.29, 0.717) is 22.9 Å². The summed E-state index contributed by atoms with van der Waals surface area (Å²) in [5.41, 5.74) is -0.529. The summed E-state index contributed by atoms with van der Waals surface area (Å²) in [6.07, 6.45) is 13.0. The normalized spacial score (nSPS) is 22.6. The number of aliphatic hydroxyl groups is 1. The number of ether oxygens (including phenoxy) is 1. The van der Waals surface area contributed by atoms with Crippen molar-refractivity contribution in [2.75, 3.05) is 12.4 Å². The molecule has 4 unspecified atom stereocenters. The molecule has 1 saturated heterocycles. The maximum atomic E-state index is 14.8. The zero-order chi connectivity index (χ0) is 24.0. The molecule has 0 bridgehead atoms. The third-order valence-electron chi connectivity index (χ3n) is 5.61. The van der Waals surface area contributed by atoms with Gasteiger partial charge >= 0.3 is 23.1 Å². The van der Waals surface area contributed by atoms with Crippen LogP contribution in [0.4, 0.5) is 8.78 Å². The Morgan fingerprint density at radius 3 is 2.56 bits per heavy atom. The Hall–Kier alpha value is -1.92. The molecule has 2 N–H and O–H groups in total. The van der Waals surface area contributed by atoms with Gasteiger partial charge in [-0.15, -0.1) is 6.42 Å². The summed E-state index contributed by atoms with van der Waals surface area (Å²) in [5.74, 6) is 0.737. The SMILES string of the molecule is C.C#CC(O)C1CC2CSC(NC(=O)c3ccccc3)=NC2(c2ccc(F)cc2F)CO1.[Br-].[C-]#C.[Mg+2]. The Kier molecular flexibility index (Phi) is 14.5. The third kappa shape index (κ3) is 7.31. The van der Waals surface area contributed by atoms with Crippen molar-refractivity contribution in [2.24, 2.45) is 10.9 Å². The molecule has 36 heavy (non-hydrogen) atoms. The van der Waals surface area contributed by atoms with E-state index in [1.54, 1.807) is 30.3 Å². The number of benzene rings is 2. The van der Waals surface area contributed by atoms with Crippen LogP contribution in [0.3, 0.4) is 0 Å². The second-order valence-electron chi connectivity index (χ2n) is 7.49. The topological polar surface area (TPSA) is 70.9 Å². The van der Waals surface area contributed by atoms with Crippen molar-refractivity contribution >= 4 is 45.9 Å². The number of fused-ring (bicyclic) bond motifs is 1. The maximum Gasteiger partial charge on any atom is 2.00 e. The van der Waals surface area contributed by atoms with E-state index < -0.39 is 29.4 Å². The van der Waals surface area contributed by atoms with Crippen LogP contribution in [0.25, 0.3) is 0 Å². The number of carbonyl (C=O) groups is 1. The maximum absolute atomic E-state index is 14.8. The summed E-state index contributed by atoms with van der Waals surface area (Å²) < 4.78 is 34.2. The molecule has 0 aromatic heterocycles. The van der Waals surface area contributed by atoms with Crippen LogP contribution < -0.4 is 22.3 Å². The van der Waals surface area contributed by atoms with E-state index in [1.807, 2.05) is 0 Å². The van der Waals surface area contributed by atoms with Gasteiger partial charge in [0.05, 0.1) is 12.7 Å². The number of thioether (sulfide) groups is 1. The minimum absolute atomic E-state index is 0. The number of hydrogen-bond acceptors (Lipinski definition) is 5. The van der Waals surface area contributed by atoms with Crippen LogP contribution >= 0.6 is 11.8 Å². The van der Waals surface area contributed by atoms with E-state index in [1.165, 1.54) is 23.9 Å². The first-order valence-corrected chi connectivity index (χ1v) is 11.0. The zero-order valence-electron chi connectivity index (χ0n) is 18.6. The van der Waals surface area contributed by atoms with Gasteiger partial charge in [0.1, 0.15) is 23.3 Å². The average molecular weight is 588 g/mol. The molecular weight excluding hydrogens is 563 g/mol. The van der Waals surface area contributed by atoms with Crippen molar-refractivity contribution in [3.63, 3.8) is 0 Å². The smallest absolute Gasteiger partial charge is 1.00 e. The van der Waals surface area contributed by atoms with Crippen molar-refractivity contribution in [3.8, 4) is 18.8 Å². The van der Waals surface area contributed by atoms with Crippen molar-refractivity contribution in [1.82, 2.24) is 5.32 Å². The van der Waals surface area contributed by atoms with E-state index in [9.17, 15) is 18.7 Å². The van der Waals surface area contributed by atoms with Crippen molar-refractivity contribution < 1.29 is 40.4 Å². The largest absolute Gasteiger partial charge is 2.00 e. The number of aliphatic hydroxyl groups excluding tert-OH is 1. The van der Waals surface area contributed by atoms with Crippen molar-refractivity contribution in [2.45, 2.75) is 31.6 Å². The molecule has 10 heteroatoms. The molecular formula is C26H25BrF2MgN2O3S. The Morgan fingerprint density at radius 1 is 1.28 bits per heavy atom. The molecule has 1 fully saturated rings. The van der Waals surface area contributed by atoms with Crippen LogP contribution in [0.15, 0.2) is 53.5 Å². The first-order chi connectivity index (χ1) is 15.9. The first-order valence-electron chi connectivity index (χ1n) is 10.0. The molecule has 0 aliphatic carbocycles. The van der Waals surface area contributed by atoms with Crippen LogP contribution in [0.1, 0.15) is 29.8 Å². The Bertz CT molecular complexity index is 1110. The van der Waals surface area contributed by atoms with Crippen LogP contribution in [-0.4, -0.2) is 63.8 Å². The summed E-state index contributed by atoms with van der Waals surface area (Å²) >= 11 is 1.33. The summed E-state index contributed by atoms with van der Waals surface area (Å²) in [4.78, 5) is 17.3. The van der Waals surface area contributed by atoms with E-state index in [4.69, 9.17) is 22.6 Å². The number of rotatable bonds is 3. The fourth-order valence-electron chi connectivity index (χ4n) is 3.97. The Morgan fingerprint density at radius 2 is 1.94 bits per heavy atom. The number of halogens is 3. The van der Waals surface area contributed by atoms with Gasteiger partial charge in [-0.3, -0.25) is 4.79 Å². The monoisotopic (exact) mass is 586 g/mol. The Labute approximate surface area is 241 Å². The molecule has 4 rings (SSSR count). The van der Waals surface area contributed by atoms with Gasteiger partial charge in [0.2, 0.25) is 0 Å². The quantitative estimate of drug-likeness (QED) is 0.313. The molecule has 2 aliphatic rings. The van der Waals surface area contributed by atoms with Crippen LogP contribution in [0.2, 0.25) is 0 Å². The molecule has 0 spiro atoms. The second kappa shape index (κ2) is 15.4. The fourth-order valence-corrected chi connectivity index (χ4v) is 5.13. The number of carbonyl (C=O) groups excluding carboxylic acids is 1. The molecule has 1 amide bonds. The summed E-state index contributed by atoms with van der Waals surface area (Å²) in [6, 6.07) is 12.0. The number of nitrogens with zero attached hydrogens (tertiary/aromatic N) is 1. The number of nitrogens with one attached hydrogen (secondary N) is 1.